The van der Waals surface area contributed by atoms with Crippen molar-refractivity contribution in [2.45, 2.75) is 13.0 Å². The topological polar surface area (TPSA) is 46.3 Å². The van der Waals surface area contributed by atoms with Gasteiger partial charge in [-0.1, -0.05) is 18.2 Å². The minimum absolute atomic E-state index is 0.108. The van der Waals surface area contributed by atoms with Crippen molar-refractivity contribution >= 4 is 22.9 Å². The van der Waals surface area contributed by atoms with E-state index in [9.17, 15) is 4.79 Å². The first kappa shape index (κ1) is 12.6. The summed E-state index contributed by atoms with van der Waals surface area (Å²) >= 11 is 1.61. The number of nitrogens with zero attached hydrogens (tertiary/aromatic N) is 1. The number of rotatable bonds is 4. The maximum atomic E-state index is 12.0. The predicted octanol–water partition coefficient (Wildman–Crippen LogP) is 2.53. The Kier molecular flexibility index (Phi) is 3.99. The lowest BCUT2D eigenvalue weighted by Gasteiger charge is -2.18. The minimum atomic E-state index is 0.108. The second kappa shape index (κ2) is 5.69. The van der Waals surface area contributed by atoms with Gasteiger partial charge in [0.05, 0.1) is 6.42 Å². The van der Waals surface area contributed by atoms with Crippen molar-refractivity contribution in [3.8, 4) is 0 Å². The molecule has 2 aromatic rings. The van der Waals surface area contributed by atoms with Gasteiger partial charge in [-0.25, -0.2) is 0 Å². The Morgan fingerprint density at radius 2 is 2.11 bits per heavy atom. The molecule has 3 nitrogen and oxygen atoms in total. The van der Waals surface area contributed by atoms with Gasteiger partial charge in [0.1, 0.15) is 0 Å². The lowest BCUT2D eigenvalue weighted by molar-refractivity contribution is -0.129. The van der Waals surface area contributed by atoms with E-state index in [0.717, 1.165) is 16.8 Å². The normalized spacial score (nSPS) is 10.3. The molecule has 1 amide bonds. The zero-order valence-electron chi connectivity index (χ0n) is 10.3. The fourth-order valence-electron chi connectivity index (χ4n) is 1.72. The molecular weight excluding hydrogens is 244 g/mol. The van der Waals surface area contributed by atoms with Crippen molar-refractivity contribution in [3.63, 3.8) is 0 Å². The molecule has 1 aromatic carbocycles. The standard InChI is InChI=1S/C14H16N2OS/c1-16(9-12-4-2-3-5-13(12)15)14(17)8-11-6-7-18-10-11/h2-7,10H,8-9,15H2,1H3. The molecule has 0 radical (unpaired) electrons. The van der Waals surface area contributed by atoms with Crippen LogP contribution in [0.15, 0.2) is 41.1 Å². The molecule has 0 aliphatic rings. The highest BCUT2D eigenvalue weighted by molar-refractivity contribution is 7.07. The van der Waals surface area contributed by atoms with E-state index in [1.807, 2.05) is 41.1 Å². The summed E-state index contributed by atoms with van der Waals surface area (Å²) in [5.41, 5.74) is 8.65. The van der Waals surface area contributed by atoms with Crippen LogP contribution in [-0.4, -0.2) is 17.9 Å². The van der Waals surface area contributed by atoms with E-state index in [1.165, 1.54) is 0 Å². The van der Waals surface area contributed by atoms with Gasteiger partial charge in [0.25, 0.3) is 0 Å². The van der Waals surface area contributed by atoms with Crippen LogP contribution in [-0.2, 0) is 17.8 Å². The van der Waals surface area contributed by atoms with Gasteiger partial charge in [-0.2, -0.15) is 11.3 Å². The SMILES string of the molecule is CN(Cc1ccccc1N)C(=O)Cc1ccsc1. The Balaban J connectivity index is 1.97. The summed E-state index contributed by atoms with van der Waals surface area (Å²) in [7, 11) is 1.81. The van der Waals surface area contributed by atoms with Crippen LogP contribution in [0.25, 0.3) is 0 Å². The maximum absolute atomic E-state index is 12.0. The lowest BCUT2D eigenvalue weighted by Crippen LogP contribution is -2.27. The number of para-hydroxylation sites is 1. The number of benzene rings is 1. The molecule has 0 aliphatic heterocycles. The first-order valence-corrected chi connectivity index (χ1v) is 6.69. The van der Waals surface area contributed by atoms with Gasteiger partial charge in [-0.05, 0) is 34.0 Å². The first-order valence-electron chi connectivity index (χ1n) is 5.75. The molecular formula is C14H16N2OS. The average Bonchev–Trinajstić information content (AvgIpc) is 2.84. The molecule has 2 rings (SSSR count). The number of anilines is 1. The first-order chi connectivity index (χ1) is 8.66. The van der Waals surface area contributed by atoms with Gasteiger partial charge in [0.15, 0.2) is 0 Å². The molecule has 0 atom stereocenters. The van der Waals surface area contributed by atoms with E-state index >= 15 is 0 Å². The Morgan fingerprint density at radius 1 is 1.33 bits per heavy atom. The van der Waals surface area contributed by atoms with Crippen LogP contribution in [0, 0.1) is 0 Å². The van der Waals surface area contributed by atoms with E-state index < -0.39 is 0 Å². The smallest absolute Gasteiger partial charge is 0.227 e. The molecule has 0 unspecified atom stereocenters. The summed E-state index contributed by atoms with van der Waals surface area (Å²) in [6, 6.07) is 9.61. The molecule has 4 heteroatoms. The van der Waals surface area contributed by atoms with Gasteiger partial charge in [-0.3, -0.25) is 4.79 Å². The van der Waals surface area contributed by atoms with Gasteiger partial charge in [-0.15, -0.1) is 0 Å². The quantitative estimate of drug-likeness (QED) is 0.859. The molecule has 2 N–H and O–H groups in total. The molecule has 18 heavy (non-hydrogen) atoms. The maximum Gasteiger partial charge on any atom is 0.227 e. The fraction of sp³-hybridized carbons (Fsp3) is 0.214. The fourth-order valence-corrected chi connectivity index (χ4v) is 2.39. The summed E-state index contributed by atoms with van der Waals surface area (Å²) in [6.45, 7) is 0.551. The molecule has 0 fully saturated rings. The highest BCUT2D eigenvalue weighted by Crippen LogP contribution is 2.14. The second-order valence-electron chi connectivity index (χ2n) is 4.26. The van der Waals surface area contributed by atoms with Crippen LogP contribution in [0.1, 0.15) is 11.1 Å². The third kappa shape index (κ3) is 3.11. The molecule has 0 bridgehead atoms. The van der Waals surface area contributed by atoms with Crippen LogP contribution >= 0.6 is 11.3 Å². The minimum Gasteiger partial charge on any atom is -0.398 e. The average molecular weight is 260 g/mol. The monoisotopic (exact) mass is 260 g/mol. The number of hydrogen-bond donors (Lipinski definition) is 1. The van der Waals surface area contributed by atoms with Crippen LogP contribution in [0.5, 0.6) is 0 Å². The number of carbonyl (C=O) groups excluding carboxylic acids is 1. The molecule has 1 aromatic heterocycles. The van der Waals surface area contributed by atoms with Gasteiger partial charge in [0, 0.05) is 19.3 Å². The van der Waals surface area contributed by atoms with Crippen molar-refractivity contribution in [2.24, 2.45) is 0 Å². The molecule has 0 spiro atoms. The third-order valence-corrected chi connectivity index (χ3v) is 3.56. The van der Waals surface area contributed by atoms with Crippen LogP contribution < -0.4 is 5.73 Å². The largest absolute Gasteiger partial charge is 0.398 e. The molecule has 1 heterocycles. The summed E-state index contributed by atoms with van der Waals surface area (Å²) in [6.07, 6.45) is 0.451. The summed E-state index contributed by atoms with van der Waals surface area (Å²) in [5, 5.41) is 3.99. The number of carbonyl (C=O) groups is 1. The molecule has 0 aliphatic carbocycles. The summed E-state index contributed by atoms with van der Waals surface area (Å²) in [5.74, 6) is 0.108. The highest BCUT2D eigenvalue weighted by atomic mass is 32.1. The van der Waals surface area contributed by atoms with Gasteiger partial charge < -0.3 is 10.6 Å². The van der Waals surface area contributed by atoms with Crippen LogP contribution in [0.4, 0.5) is 5.69 Å². The van der Waals surface area contributed by atoms with Crippen molar-refractivity contribution in [2.75, 3.05) is 12.8 Å². The van der Waals surface area contributed by atoms with Crippen molar-refractivity contribution in [1.29, 1.82) is 0 Å². The Morgan fingerprint density at radius 3 is 2.78 bits per heavy atom. The van der Waals surface area contributed by atoms with E-state index in [-0.39, 0.29) is 5.91 Å². The van der Waals surface area contributed by atoms with Gasteiger partial charge >= 0.3 is 0 Å². The Bertz CT molecular complexity index is 522. The number of nitrogens with two attached hydrogens (primary N) is 1. The number of nitrogen functional groups attached to an aromatic ring is 1. The summed E-state index contributed by atoms with van der Waals surface area (Å²) in [4.78, 5) is 13.7. The number of thiophene rings is 1. The van der Waals surface area contributed by atoms with E-state index in [0.29, 0.717) is 13.0 Å². The van der Waals surface area contributed by atoms with Crippen LogP contribution in [0.2, 0.25) is 0 Å². The van der Waals surface area contributed by atoms with Crippen molar-refractivity contribution in [3.05, 3.63) is 52.2 Å². The number of amides is 1. The zero-order chi connectivity index (χ0) is 13.0. The van der Waals surface area contributed by atoms with E-state index in [4.69, 9.17) is 5.73 Å². The molecule has 0 saturated heterocycles. The lowest BCUT2D eigenvalue weighted by atomic mass is 10.1. The molecule has 0 saturated carbocycles. The third-order valence-electron chi connectivity index (χ3n) is 2.82. The van der Waals surface area contributed by atoms with Crippen molar-refractivity contribution < 1.29 is 4.79 Å². The highest BCUT2D eigenvalue weighted by Gasteiger charge is 2.11. The van der Waals surface area contributed by atoms with Crippen molar-refractivity contribution in [1.82, 2.24) is 4.90 Å². The molecule has 94 valence electrons. The number of hydrogen-bond acceptors (Lipinski definition) is 3. The Hall–Kier alpha value is -1.81. The second-order valence-corrected chi connectivity index (χ2v) is 5.04. The van der Waals surface area contributed by atoms with Gasteiger partial charge in [0.2, 0.25) is 5.91 Å². The van der Waals surface area contributed by atoms with Crippen LogP contribution in [0.3, 0.4) is 0 Å². The predicted molar refractivity (Wildman–Crippen MR) is 75.4 cm³/mol. The Labute approximate surface area is 111 Å². The van der Waals surface area contributed by atoms with E-state index in [2.05, 4.69) is 0 Å². The van der Waals surface area contributed by atoms with E-state index in [1.54, 1.807) is 23.3 Å². The summed E-state index contributed by atoms with van der Waals surface area (Å²) < 4.78 is 0. The number of likely N-dealkylation sites (N-methyl/N-ethyl adjacent to an activating group) is 1. The zero-order valence-corrected chi connectivity index (χ0v) is 11.1.